The van der Waals surface area contributed by atoms with Crippen LogP contribution in [0.15, 0.2) is 23.3 Å². The maximum atomic E-state index is 12.2. The van der Waals surface area contributed by atoms with Crippen molar-refractivity contribution in [2.45, 2.75) is 12.6 Å². The summed E-state index contributed by atoms with van der Waals surface area (Å²) in [6, 6.07) is 0.792. The van der Waals surface area contributed by atoms with Crippen molar-refractivity contribution in [2.24, 2.45) is 0 Å². The average Bonchev–Trinajstić information content (AvgIpc) is 2.48. The number of hydrogen-bond donors (Lipinski definition) is 0. The van der Waals surface area contributed by atoms with Gasteiger partial charge in [-0.15, -0.1) is 0 Å². The molecule has 0 aromatic carbocycles. The van der Waals surface area contributed by atoms with Gasteiger partial charge in [0.05, 0.1) is 20.3 Å². The largest absolute Gasteiger partial charge is 0.467 e. The minimum absolute atomic E-state index is 0.0976. The normalized spacial score (nSPS) is 18.6. The Labute approximate surface area is 114 Å². The second kappa shape index (κ2) is 6.29. The zero-order valence-electron chi connectivity index (χ0n) is 11.0. The summed E-state index contributed by atoms with van der Waals surface area (Å²) in [4.78, 5) is 40.3. The number of carbonyl (C=O) groups excluding carboxylic acids is 2. The number of carbonyl (C=O) groups is 2. The van der Waals surface area contributed by atoms with Crippen LogP contribution >= 0.6 is 0 Å². The van der Waals surface area contributed by atoms with E-state index in [-0.39, 0.29) is 25.6 Å². The third-order valence-corrected chi connectivity index (χ3v) is 3.01. The van der Waals surface area contributed by atoms with Crippen LogP contribution in [0.2, 0.25) is 0 Å². The summed E-state index contributed by atoms with van der Waals surface area (Å²) in [5, 5.41) is 0. The van der Waals surface area contributed by atoms with E-state index in [1.165, 1.54) is 29.0 Å². The Morgan fingerprint density at radius 3 is 3.05 bits per heavy atom. The van der Waals surface area contributed by atoms with E-state index in [2.05, 4.69) is 9.72 Å². The molecule has 8 nitrogen and oxygen atoms in total. The SMILES string of the molecule is COC(=O)C1COCCN1C(=O)Cn1cccnc1=O. The molecule has 0 N–H and O–H groups in total. The molecule has 1 unspecified atom stereocenters. The van der Waals surface area contributed by atoms with Crippen LogP contribution in [0, 0.1) is 0 Å². The van der Waals surface area contributed by atoms with E-state index in [1.54, 1.807) is 6.07 Å². The topological polar surface area (TPSA) is 90.7 Å². The smallest absolute Gasteiger partial charge is 0.347 e. The van der Waals surface area contributed by atoms with Crippen molar-refractivity contribution in [1.29, 1.82) is 0 Å². The standard InChI is InChI=1S/C12H15N3O5/c1-19-11(17)9-8-20-6-5-15(9)10(16)7-14-4-2-3-13-12(14)18/h2-4,9H,5-8H2,1H3. The van der Waals surface area contributed by atoms with E-state index >= 15 is 0 Å². The van der Waals surface area contributed by atoms with Gasteiger partial charge in [0.25, 0.3) is 0 Å². The Kier molecular flexibility index (Phi) is 4.46. The lowest BCUT2D eigenvalue weighted by atomic mass is 10.2. The van der Waals surface area contributed by atoms with Crippen molar-refractivity contribution >= 4 is 11.9 Å². The van der Waals surface area contributed by atoms with Gasteiger partial charge in [0, 0.05) is 18.9 Å². The summed E-state index contributed by atoms with van der Waals surface area (Å²) in [5.74, 6) is -0.879. The van der Waals surface area contributed by atoms with E-state index in [1.807, 2.05) is 0 Å². The van der Waals surface area contributed by atoms with Crippen molar-refractivity contribution in [2.75, 3.05) is 26.9 Å². The molecule has 1 saturated heterocycles. The first-order valence-electron chi connectivity index (χ1n) is 6.10. The lowest BCUT2D eigenvalue weighted by Gasteiger charge is -2.33. The van der Waals surface area contributed by atoms with Gasteiger partial charge < -0.3 is 14.4 Å². The van der Waals surface area contributed by atoms with Gasteiger partial charge in [0.1, 0.15) is 6.54 Å². The van der Waals surface area contributed by atoms with Gasteiger partial charge in [-0.2, -0.15) is 0 Å². The predicted molar refractivity (Wildman–Crippen MR) is 66.8 cm³/mol. The minimum Gasteiger partial charge on any atom is -0.467 e. The maximum absolute atomic E-state index is 12.2. The molecule has 1 atom stereocenters. The fourth-order valence-electron chi connectivity index (χ4n) is 1.98. The summed E-state index contributed by atoms with van der Waals surface area (Å²) in [6.45, 7) is 0.565. The van der Waals surface area contributed by atoms with E-state index in [9.17, 15) is 14.4 Å². The number of amides is 1. The van der Waals surface area contributed by atoms with Gasteiger partial charge in [-0.1, -0.05) is 0 Å². The number of rotatable bonds is 3. The fraction of sp³-hybridized carbons (Fsp3) is 0.500. The fourth-order valence-corrected chi connectivity index (χ4v) is 1.98. The molecule has 0 aliphatic carbocycles. The highest BCUT2D eigenvalue weighted by atomic mass is 16.5. The van der Waals surface area contributed by atoms with Crippen LogP contribution in [0.1, 0.15) is 0 Å². The molecule has 1 aliphatic rings. The van der Waals surface area contributed by atoms with Crippen molar-refractivity contribution in [3.05, 3.63) is 28.9 Å². The van der Waals surface area contributed by atoms with Crippen LogP contribution < -0.4 is 5.69 Å². The highest BCUT2D eigenvalue weighted by Gasteiger charge is 2.33. The Morgan fingerprint density at radius 1 is 1.55 bits per heavy atom. The Balaban J connectivity index is 2.12. The minimum atomic E-state index is -0.770. The average molecular weight is 281 g/mol. The van der Waals surface area contributed by atoms with E-state index in [0.29, 0.717) is 6.61 Å². The molecule has 1 aromatic heterocycles. The van der Waals surface area contributed by atoms with Gasteiger partial charge in [-0.05, 0) is 6.07 Å². The van der Waals surface area contributed by atoms with Gasteiger partial charge >= 0.3 is 11.7 Å². The molecule has 1 aromatic rings. The summed E-state index contributed by atoms with van der Waals surface area (Å²) in [7, 11) is 1.26. The quantitative estimate of drug-likeness (QED) is 0.636. The molecule has 0 bridgehead atoms. The number of methoxy groups -OCH3 is 1. The maximum Gasteiger partial charge on any atom is 0.347 e. The van der Waals surface area contributed by atoms with E-state index in [4.69, 9.17) is 4.74 Å². The highest BCUT2D eigenvalue weighted by molar-refractivity contribution is 5.84. The Hall–Kier alpha value is -2.22. The number of morpholine rings is 1. The van der Waals surface area contributed by atoms with Gasteiger partial charge in [0.2, 0.25) is 5.91 Å². The molecule has 0 spiro atoms. The molecule has 1 amide bonds. The molecule has 0 radical (unpaired) electrons. The number of ether oxygens (including phenoxy) is 2. The Bertz CT molecular complexity index is 556. The van der Waals surface area contributed by atoms with E-state index < -0.39 is 17.7 Å². The van der Waals surface area contributed by atoms with Gasteiger partial charge in [-0.3, -0.25) is 9.36 Å². The second-order valence-corrected chi connectivity index (χ2v) is 4.23. The lowest BCUT2D eigenvalue weighted by molar-refractivity contribution is -0.161. The molecule has 2 rings (SSSR count). The van der Waals surface area contributed by atoms with Crippen LogP contribution in [0.4, 0.5) is 0 Å². The van der Waals surface area contributed by atoms with Crippen molar-refractivity contribution in [3.8, 4) is 0 Å². The first kappa shape index (κ1) is 14.2. The third kappa shape index (κ3) is 3.02. The molecule has 8 heteroatoms. The Morgan fingerprint density at radius 2 is 2.35 bits per heavy atom. The monoisotopic (exact) mass is 281 g/mol. The number of aromatic nitrogens is 2. The summed E-state index contributed by atoms with van der Waals surface area (Å²) in [5.41, 5.74) is -0.510. The second-order valence-electron chi connectivity index (χ2n) is 4.23. The summed E-state index contributed by atoms with van der Waals surface area (Å²) in [6.07, 6.45) is 2.83. The number of nitrogens with zero attached hydrogens (tertiary/aromatic N) is 3. The first-order valence-corrected chi connectivity index (χ1v) is 6.10. The summed E-state index contributed by atoms with van der Waals surface area (Å²) >= 11 is 0. The molecule has 1 fully saturated rings. The lowest BCUT2D eigenvalue weighted by Crippen LogP contribution is -2.54. The van der Waals surface area contributed by atoms with Crippen molar-refractivity contribution in [1.82, 2.24) is 14.5 Å². The predicted octanol–water partition coefficient (Wildman–Crippen LogP) is -1.36. The third-order valence-electron chi connectivity index (χ3n) is 3.01. The number of hydrogen-bond acceptors (Lipinski definition) is 6. The molecular weight excluding hydrogens is 266 g/mol. The highest BCUT2D eigenvalue weighted by Crippen LogP contribution is 2.09. The molecule has 108 valence electrons. The number of esters is 1. The van der Waals surface area contributed by atoms with Gasteiger partial charge in [-0.25, -0.2) is 14.6 Å². The van der Waals surface area contributed by atoms with Crippen LogP contribution in [-0.2, 0) is 25.6 Å². The molecule has 1 aliphatic heterocycles. The van der Waals surface area contributed by atoms with Crippen molar-refractivity contribution < 1.29 is 19.1 Å². The van der Waals surface area contributed by atoms with Crippen molar-refractivity contribution in [3.63, 3.8) is 0 Å². The molecular formula is C12H15N3O5. The first-order chi connectivity index (χ1) is 9.63. The van der Waals surface area contributed by atoms with Crippen LogP contribution in [-0.4, -0.2) is 59.2 Å². The molecule has 20 heavy (non-hydrogen) atoms. The molecule has 2 heterocycles. The van der Waals surface area contributed by atoms with Gasteiger partial charge in [0.15, 0.2) is 6.04 Å². The summed E-state index contributed by atoms with van der Waals surface area (Å²) < 4.78 is 11.0. The van der Waals surface area contributed by atoms with Crippen LogP contribution in [0.25, 0.3) is 0 Å². The zero-order valence-corrected chi connectivity index (χ0v) is 11.0. The van der Waals surface area contributed by atoms with E-state index in [0.717, 1.165) is 0 Å². The molecule has 0 saturated carbocycles. The zero-order chi connectivity index (χ0) is 14.5. The van der Waals surface area contributed by atoms with Crippen LogP contribution in [0.5, 0.6) is 0 Å². The van der Waals surface area contributed by atoms with Crippen LogP contribution in [0.3, 0.4) is 0 Å².